The molecule has 0 spiro atoms. The third-order valence-electron chi connectivity index (χ3n) is 5.93. The molecule has 9 heteroatoms. The maximum absolute atomic E-state index is 13.1. The Kier molecular flexibility index (Phi) is 12.7. The van der Waals surface area contributed by atoms with Crippen LogP contribution in [-0.2, 0) is 13.1 Å². The molecule has 3 rings (SSSR count). The average Bonchev–Trinajstić information content (AvgIpc) is 2.86. The Morgan fingerprint density at radius 1 is 0.744 bits per heavy atom. The number of rotatable bonds is 12. The zero-order chi connectivity index (χ0) is 27.7. The maximum atomic E-state index is 13.1. The number of anilines is 3. The second kappa shape index (κ2) is 15.5. The van der Waals surface area contributed by atoms with Gasteiger partial charge in [0.05, 0.1) is 0 Å². The van der Waals surface area contributed by atoms with Crippen molar-refractivity contribution in [3.8, 4) is 0 Å². The summed E-state index contributed by atoms with van der Waals surface area (Å²) in [6.07, 6.45) is 0. The van der Waals surface area contributed by atoms with Gasteiger partial charge in [-0.3, -0.25) is 9.59 Å². The minimum atomic E-state index is -0.235. The summed E-state index contributed by atoms with van der Waals surface area (Å²) < 4.78 is 0. The van der Waals surface area contributed by atoms with Crippen LogP contribution in [0.15, 0.2) is 66.7 Å². The number of nitrogens with one attached hydrogen (secondary N) is 2. The highest BCUT2D eigenvalue weighted by atomic mass is 35.5. The summed E-state index contributed by atoms with van der Waals surface area (Å²) in [7, 11) is 8.03. The van der Waals surface area contributed by atoms with Crippen molar-refractivity contribution in [2.24, 2.45) is 0 Å². The number of benzene rings is 3. The Hall–Kier alpha value is -3.10. The number of carbonyl (C=O) groups is 2. The Labute approximate surface area is 243 Å². The molecule has 0 atom stereocenters. The van der Waals surface area contributed by atoms with E-state index in [-0.39, 0.29) is 24.2 Å². The summed E-state index contributed by atoms with van der Waals surface area (Å²) >= 11 is 6.01. The van der Waals surface area contributed by atoms with Gasteiger partial charge >= 0.3 is 0 Å². The predicted molar refractivity (Wildman–Crippen MR) is 166 cm³/mol. The molecule has 39 heavy (non-hydrogen) atoms. The van der Waals surface area contributed by atoms with E-state index in [4.69, 9.17) is 11.6 Å². The third-order valence-corrected chi connectivity index (χ3v) is 6.10. The number of amides is 2. The fraction of sp³-hybridized carbons (Fsp3) is 0.333. The molecule has 2 N–H and O–H groups in total. The summed E-state index contributed by atoms with van der Waals surface area (Å²) in [6.45, 7) is 5.16. The van der Waals surface area contributed by atoms with Gasteiger partial charge in [0, 0.05) is 60.2 Å². The zero-order valence-corrected chi connectivity index (χ0v) is 24.9. The summed E-state index contributed by atoms with van der Waals surface area (Å²) in [4.78, 5) is 32.2. The van der Waals surface area contributed by atoms with E-state index in [0.29, 0.717) is 17.0 Å². The van der Waals surface area contributed by atoms with Crippen LogP contribution in [0.25, 0.3) is 0 Å². The van der Waals surface area contributed by atoms with Gasteiger partial charge in [-0.25, -0.2) is 0 Å². The van der Waals surface area contributed by atoms with E-state index in [9.17, 15) is 9.59 Å². The number of carbonyl (C=O) groups excluding carboxylic acids is 2. The van der Waals surface area contributed by atoms with Gasteiger partial charge in [-0.2, -0.15) is 0 Å². The van der Waals surface area contributed by atoms with Crippen molar-refractivity contribution in [1.29, 1.82) is 0 Å². The smallest absolute Gasteiger partial charge is 0.255 e. The predicted octanol–water partition coefficient (Wildman–Crippen LogP) is 5.80. The first-order valence-electron chi connectivity index (χ1n) is 12.7. The Bertz CT molecular complexity index is 1230. The van der Waals surface area contributed by atoms with Crippen LogP contribution < -0.4 is 15.5 Å². The minimum Gasteiger partial charge on any atom is -0.371 e. The zero-order valence-electron chi connectivity index (χ0n) is 23.3. The topological polar surface area (TPSA) is 67.9 Å². The first kappa shape index (κ1) is 32.1. The molecule has 3 aromatic rings. The van der Waals surface area contributed by atoms with E-state index >= 15 is 0 Å². The molecular weight excluding hydrogens is 533 g/mol. The molecule has 0 bridgehead atoms. The van der Waals surface area contributed by atoms with Gasteiger partial charge in [-0.05, 0) is 101 Å². The van der Waals surface area contributed by atoms with Gasteiger partial charge in [-0.1, -0.05) is 12.1 Å². The molecule has 0 heterocycles. The van der Waals surface area contributed by atoms with Crippen LogP contribution in [-0.4, -0.2) is 68.8 Å². The first-order valence-corrected chi connectivity index (χ1v) is 13.3. The molecule has 210 valence electrons. The van der Waals surface area contributed by atoms with E-state index in [0.717, 1.165) is 54.4 Å². The highest BCUT2D eigenvalue weighted by Gasteiger charge is 2.13. The maximum Gasteiger partial charge on any atom is 0.255 e. The first-order chi connectivity index (χ1) is 18.2. The Morgan fingerprint density at radius 2 is 1.28 bits per heavy atom. The molecule has 0 aliphatic heterocycles. The quantitative estimate of drug-likeness (QED) is 0.269. The van der Waals surface area contributed by atoms with Gasteiger partial charge < -0.3 is 25.3 Å². The minimum absolute atomic E-state index is 0. The molecule has 0 radical (unpaired) electrons. The van der Waals surface area contributed by atoms with Crippen molar-refractivity contribution < 1.29 is 9.59 Å². The van der Waals surface area contributed by atoms with Crippen molar-refractivity contribution in [2.75, 3.05) is 62.7 Å². The second-order valence-corrected chi connectivity index (χ2v) is 10.2. The lowest BCUT2D eigenvalue weighted by molar-refractivity contribution is 0.101. The number of hydrogen-bond donors (Lipinski definition) is 2. The van der Waals surface area contributed by atoms with Crippen molar-refractivity contribution >= 4 is 52.9 Å². The molecular formula is C30H39Cl2N5O2. The third kappa shape index (κ3) is 9.86. The van der Waals surface area contributed by atoms with E-state index in [1.54, 1.807) is 24.3 Å². The molecule has 0 fully saturated rings. The van der Waals surface area contributed by atoms with Crippen LogP contribution in [0.5, 0.6) is 0 Å². The fourth-order valence-corrected chi connectivity index (χ4v) is 4.45. The monoisotopic (exact) mass is 571 g/mol. The van der Waals surface area contributed by atoms with Crippen LogP contribution in [0.2, 0.25) is 0 Å². The number of halogens is 2. The van der Waals surface area contributed by atoms with Gasteiger partial charge in [0.1, 0.15) is 0 Å². The highest BCUT2D eigenvalue weighted by molar-refractivity contribution is 6.18. The molecule has 0 saturated heterocycles. The Morgan fingerprint density at radius 3 is 1.82 bits per heavy atom. The van der Waals surface area contributed by atoms with Gasteiger partial charge in [0.2, 0.25) is 0 Å². The SMILES string of the molecule is CCN(CCCl)c1cc(CN(C)C)cc(NC(=O)c2ccc(C(=O)Nc3cccc(CN(C)C)c3)cc2)c1.Cl. The molecule has 7 nitrogen and oxygen atoms in total. The number of nitrogens with zero attached hydrogens (tertiary/aromatic N) is 3. The summed E-state index contributed by atoms with van der Waals surface area (Å²) in [6, 6.07) is 20.6. The highest BCUT2D eigenvalue weighted by Crippen LogP contribution is 2.24. The van der Waals surface area contributed by atoms with Crippen molar-refractivity contribution in [3.63, 3.8) is 0 Å². The lowest BCUT2D eigenvalue weighted by atomic mass is 10.1. The van der Waals surface area contributed by atoms with Gasteiger partial charge in [0.15, 0.2) is 0 Å². The standard InChI is InChI=1S/C30H38ClN5O2.ClH/c1-6-36(15-14-31)28-18-23(21-35(4)5)17-27(19-28)33-30(38)25-12-10-24(11-13-25)29(37)32-26-9-7-8-22(16-26)20-34(2)3;/h7-13,16-19H,6,14-15,20-21H2,1-5H3,(H,32,37)(H,33,38);1H. The van der Waals surface area contributed by atoms with E-state index in [1.165, 1.54) is 0 Å². The molecule has 0 aromatic heterocycles. The van der Waals surface area contributed by atoms with Gasteiger partial charge in [-0.15, -0.1) is 24.0 Å². The molecule has 0 saturated carbocycles. The van der Waals surface area contributed by atoms with Crippen molar-refractivity contribution in [3.05, 3.63) is 89.0 Å². The molecule has 3 aromatic carbocycles. The van der Waals surface area contributed by atoms with E-state index in [1.807, 2.05) is 64.6 Å². The van der Waals surface area contributed by atoms with Crippen LogP contribution in [0.4, 0.5) is 17.1 Å². The van der Waals surface area contributed by atoms with Crippen LogP contribution in [0.1, 0.15) is 38.8 Å². The van der Waals surface area contributed by atoms with Crippen LogP contribution >= 0.6 is 24.0 Å². The van der Waals surface area contributed by atoms with Crippen LogP contribution in [0, 0.1) is 0 Å². The lowest BCUT2D eigenvalue weighted by Gasteiger charge is -2.24. The molecule has 2 amide bonds. The molecule has 0 unspecified atom stereocenters. The Balaban J connectivity index is 0.00000533. The summed E-state index contributed by atoms with van der Waals surface area (Å²) in [5.41, 5.74) is 5.64. The van der Waals surface area contributed by atoms with E-state index in [2.05, 4.69) is 38.3 Å². The van der Waals surface area contributed by atoms with Crippen molar-refractivity contribution in [1.82, 2.24) is 9.80 Å². The summed E-state index contributed by atoms with van der Waals surface area (Å²) in [5, 5.41) is 5.96. The number of alkyl halides is 1. The number of hydrogen-bond acceptors (Lipinski definition) is 5. The molecule has 0 aliphatic carbocycles. The van der Waals surface area contributed by atoms with E-state index < -0.39 is 0 Å². The fourth-order valence-electron chi connectivity index (χ4n) is 4.25. The van der Waals surface area contributed by atoms with Crippen LogP contribution in [0.3, 0.4) is 0 Å². The lowest BCUT2D eigenvalue weighted by Crippen LogP contribution is -2.25. The molecule has 0 aliphatic rings. The van der Waals surface area contributed by atoms with Gasteiger partial charge in [0.25, 0.3) is 11.8 Å². The van der Waals surface area contributed by atoms with Crippen molar-refractivity contribution in [2.45, 2.75) is 20.0 Å². The summed E-state index contributed by atoms with van der Waals surface area (Å²) in [5.74, 6) is 0.0650. The largest absolute Gasteiger partial charge is 0.371 e. The normalized spacial score (nSPS) is 10.8. The average molecular weight is 573 g/mol. The second-order valence-electron chi connectivity index (χ2n) is 9.82.